The zero-order valence-corrected chi connectivity index (χ0v) is 12.0. The van der Waals surface area contributed by atoms with E-state index in [9.17, 15) is 4.79 Å². The molecule has 1 aliphatic heterocycles. The van der Waals surface area contributed by atoms with Gasteiger partial charge in [0, 0.05) is 18.2 Å². The fourth-order valence-corrected chi connectivity index (χ4v) is 2.85. The first-order chi connectivity index (χ1) is 10.3. The van der Waals surface area contributed by atoms with Gasteiger partial charge in [0.25, 0.3) is 0 Å². The minimum atomic E-state index is -0.228. The molecule has 0 radical (unpaired) electrons. The highest BCUT2D eigenvalue weighted by molar-refractivity contribution is 5.83. The number of allylic oxidation sites excluding steroid dienone is 3. The molecule has 2 heterocycles. The number of carbonyl (C=O) groups excluding carboxylic acids is 1. The summed E-state index contributed by atoms with van der Waals surface area (Å²) in [5.41, 5.74) is 7.17. The van der Waals surface area contributed by atoms with E-state index in [4.69, 9.17) is 0 Å². The van der Waals surface area contributed by atoms with Crippen LogP contribution in [0.15, 0.2) is 48.7 Å². The molecule has 2 aliphatic rings. The lowest BCUT2D eigenvalue weighted by molar-refractivity contribution is -0.124. The molecular formula is C16H20N4O. The Kier molecular flexibility index (Phi) is 4.13. The van der Waals surface area contributed by atoms with E-state index in [0.29, 0.717) is 0 Å². The maximum absolute atomic E-state index is 12.5. The molecular weight excluding hydrogens is 264 g/mol. The largest absolute Gasteiger partial charge is 0.347 e. The van der Waals surface area contributed by atoms with Crippen molar-refractivity contribution in [1.29, 1.82) is 0 Å². The normalized spacial score (nSPS) is 28.7. The van der Waals surface area contributed by atoms with Crippen molar-refractivity contribution in [3.63, 3.8) is 0 Å². The van der Waals surface area contributed by atoms with Crippen LogP contribution in [0, 0.1) is 5.92 Å². The van der Waals surface area contributed by atoms with Gasteiger partial charge < -0.3 is 5.32 Å². The molecule has 21 heavy (non-hydrogen) atoms. The second-order valence-corrected chi connectivity index (χ2v) is 5.49. The molecule has 3 N–H and O–H groups in total. The minimum absolute atomic E-state index is 0.0110. The summed E-state index contributed by atoms with van der Waals surface area (Å²) in [5, 5.41) is 3.04. The Morgan fingerprint density at radius 2 is 2.29 bits per heavy atom. The van der Waals surface area contributed by atoms with Crippen molar-refractivity contribution in [2.24, 2.45) is 5.92 Å². The first kappa shape index (κ1) is 14.0. The second kappa shape index (κ2) is 6.20. The van der Waals surface area contributed by atoms with Gasteiger partial charge in [0.05, 0.1) is 11.7 Å². The monoisotopic (exact) mass is 284 g/mol. The minimum Gasteiger partial charge on any atom is -0.347 e. The number of amides is 1. The van der Waals surface area contributed by atoms with E-state index in [1.165, 1.54) is 0 Å². The van der Waals surface area contributed by atoms with Gasteiger partial charge in [0.2, 0.25) is 5.91 Å². The molecule has 5 nitrogen and oxygen atoms in total. The number of fused-ring (bicyclic) bond motifs is 1. The summed E-state index contributed by atoms with van der Waals surface area (Å²) in [5.74, 6) is 0.243. The Bertz CT molecular complexity index is 555. The molecule has 0 spiro atoms. The fourth-order valence-electron chi connectivity index (χ4n) is 2.85. The predicted octanol–water partition coefficient (Wildman–Crippen LogP) is 1.24. The molecule has 4 unspecified atom stereocenters. The van der Waals surface area contributed by atoms with Crippen molar-refractivity contribution in [1.82, 2.24) is 21.2 Å². The SMILES string of the molecule is CC(NC(=O)C1NNC2C=CC=CCC21)c1ccccn1. The van der Waals surface area contributed by atoms with Crippen molar-refractivity contribution in [2.75, 3.05) is 0 Å². The van der Waals surface area contributed by atoms with E-state index in [0.717, 1.165) is 12.1 Å². The zero-order chi connectivity index (χ0) is 14.7. The molecule has 4 atom stereocenters. The number of rotatable bonds is 3. The molecule has 110 valence electrons. The van der Waals surface area contributed by atoms with Gasteiger partial charge >= 0.3 is 0 Å². The van der Waals surface area contributed by atoms with Crippen LogP contribution >= 0.6 is 0 Å². The maximum atomic E-state index is 12.5. The lowest BCUT2D eigenvalue weighted by Crippen LogP contribution is -2.46. The number of hydrogen-bond acceptors (Lipinski definition) is 4. The van der Waals surface area contributed by atoms with Gasteiger partial charge in [-0.3, -0.25) is 9.78 Å². The lowest BCUT2D eigenvalue weighted by Gasteiger charge is -2.21. The number of hydrazine groups is 1. The summed E-state index contributed by atoms with van der Waals surface area (Å²) in [6.07, 6.45) is 10.9. The molecule has 1 aromatic heterocycles. The Morgan fingerprint density at radius 1 is 1.38 bits per heavy atom. The number of nitrogens with one attached hydrogen (secondary N) is 3. The van der Waals surface area contributed by atoms with Gasteiger partial charge in [0.15, 0.2) is 0 Å². The van der Waals surface area contributed by atoms with Crippen LogP contribution in [-0.2, 0) is 4.79 Å². The molecule has 3 rings (SSSR count). The van der Waals surface area contributed by atoms with Crippen LogP contribution in [0.2, 0.25) is 0 Å². The van der Waals surface area contributed by atoms with Gasteiger partial charge in [0.1, 0.15) is 6.04 Å². The van der Waals surface area contributed by atoms with E-state index < -0.39 is 0 Å². The van der Waals surface area contributed by atoms with E-state index in [1.807, 2.05) is 37.3 Å². The summed E-state index contributed by atoms with van der Waals surface area (Å²) < 4.78 is 0. The summed E-state index contributed by atoms with van der Waals surface area (Å²) in [6, 6.07) is 5.59. The number of aromatic nitrogens is 1. The third-order valence-electron chi connectivity index (χ3n) is 4.04. The molecule has 1 amide bonds. The third kappa shape index (κ3) is 3.04. The predicted molar refractivity (Wildman–Crippen MR) is 81.0 cm³/mol. The summed E-state index contributed by atoms with van der Waals surface area (Å²) >= 11 is 0. The summed E-state index contributed by atoms with van der Waals surface area (Å²) in [7, 11) is 0. The van der Waals surface area contributed by atoms with E-state index in [1.54, 1.807) is 6.20 Å². The smallest absolute Gasteiger partial charge is 0.239 e. The van der Waals surface area contributed by atoms with Crippen LogP contribution in [-0.4, -0.2) is 23.0 Å². The Hall–Kier alpha value is -1.98. The van der Waals surface area contributed by atoms with Crippen LogP contribution in [0.1, 0.15) is 25.1 Å². The van der Waals surface area contributed by atoms with Crippen molar-refractivity contribution in [2.45, 2.75) is 31.5 Å². The zero-order valence-electron chi connectivity index (χ0n) is 12.0. The van der Waals surface area contributed by atoms with Gasteiger partial charge in [-0.2, -0.15) is 0 Å². The Labute approximate surface area is 124 Å². The van der Waals surface area contributed by atoms with Crippen molar-refractivity contribution >= 4 is 5.91 Å². The molecule has 0 aromatic carbocycles. The molecule has 1 saturated heterocycles. The highest BCUT2D eigenvalue weighted by atomic mass is 16.2. The van der Waals surface area contributed by atoms with E-state index in [2.05, 4.69) is 33.3 Å². The second-order valence-electron chi connectivity index (χ2n) is 5.49. The number of hydrogen-bond donors (Lipinski definition) is 3. The molecule has 0 saturated carbocycles. The van der Waals surface area contributed by atoms with Crippen molar-refractivity contribution < 1.29 is 4.79 Å². The molecule has 1 aliphatic carbocycles. The molecule has 1 fully saturated rings. The van der Waals surface area contributed by atoms with Gasteiger partial charge in [-0.1, -0.05) is 30.4 Å². The van der Waals surface area contributed by atoms with Gasteiger partial charge in [-0.15, -0.1) is 0 Å². The highest BCUT2D eigenvalue weighted by Crippen LogP contribution is 2.23. The standard InChI is InChI=1S/C16H20N4O/c1-11(13-8-5-6-10-17-13)18-16(21)15-12-7-3-2-4-9-14(12)19-20-15/h2-6,8-12,14-15,19-20H,7H2,1H3,(H,18,21). The van der Waals surface area contributed by atoms with Crippen LogP contribution in [0.3, 0.4) is 0 Å². The lowest BCUT2D eigenvalue weighted by atomic mass is 9.91. The number of nitrogens with zero attached hydrogens (tertiary/aromatic N) is 1. The first-order valence-corrected chi connectivity index (χ1v) is 7.31. The fraction of sp³-hybridized carbons (Fsp3) is 0.375. The van der Waals surface area contributed by atoms with Crippen molar-refractivity contribution in [3.05, 3.63) is 54.4 Å². The van der Waals surface area contributed by atoms with Crippen LogP contribution < -0.4 is 16.2 Å². The number of carbonyl (C=O) groups is 1. The van der Waals surface area contributed by atoms with Gasteiger partial charge in [-0.25, -0.2) is 10.9 Å². The third-order valence-corrected chi connectivity index (χ3v) is 4.04. The average molecular weight is 284 g/mol. The van der Waals surface area contributed by atoms with Crippen molar-refractivity contribution in [3.8, 4) is 0 Å². The van der Waals surface area contributed by atoms with Gasteiger partial charge in [-0.05, 0) is 25.5 Å². The Morgan fingerprint density at radius 3 is 3.10 bits per heavy atom. The first-order valence-electron chi connectivity index (χ1n) is 7.31. The quantitative estimate of drug-likeness (QED) is 0.781. The Balaban J connectivity index is 1.66. The average Bonchev–Trinajstić information content (AvgIpc) is 2.77. The molecule has 1 aromatic rings. The van der Waals surface area contributed by atoms with Crippen LogP contribution in [0.5, 0.6) is 0 Å². The molecule has 5 heteroatoms. The van der Waals surface area contributed by atoms with Crippen LogP contribution in [0.4, 0.5) is 0 Å². The van der Waals surface area contributed by atoms with E-state index in [-0.39, 0.29) is 30.0 Å². The number of pyridine rings is 1. The highest BCUT2D eigenvalue weighted by Gasteiger charge is 2.38. The maximum Gasteiger partial charge on any atom is 0.239 e. The van der Waals surface area contributed by atoms with Crippen LogP contribution in [0.25, 0.3) is 0 Å². The summed E-state index contributed by atoms with van der Waals surface area (Å²) in [6.45, 7) is 1.95. The summed E-state index contributed by atoms with van der Waals surface area (Å²) in [4.78, 5) is 16.8. The molecule has 0 bridgehead atoms. The topological polar surface area (TPSA) is 66.1 Å². The van der Waals surface area contributed by atoms with E-state index >= 15 is 0 Å².